The fourth-order valence-electron chi connectivity index (χ4n) is 3.54. The Morgan fingerprint density at radius 1 is 1.00 bits per heavy atom. The number of benzene rings is 2. The molecule has 0 spiro atoms. The summed E-state index contributed by atoms with van der Waals surface area (Å²) in [6.45, 7) is 8.48. The van der Waals surface area contributed by atoms with E-state index in [0.29, 0.717) is 18.7 Å². The van der Waals surface area contributed by atoms with Crippen molar-refractivity contribution in [1.29, 1.82) is 0 Å². The van der Waals surface area contributed by atoms with E-state index in [1.165, 1.54) is 5.56 Å². The summed E-state index contributed by atoms with van der Waals surface area (Å²) in [6.07, 6.45) is 5.13. The Hall–Kier alpha value is -3.01. The molecule has 0 fully saturated rings. The van der Waals surface area contributed by atoms with Gasteiger partial charge >= 0.3 is 0 Å². The molecule has 0 saturated heterocycles. The van der Waals surface area contributed by atoms with E-state index in [1.54, 1.807) is 0 Å². The summed E-state index contributed by atoms with van der Waals surface area (Å²) in [5.41, 5.74) is 3.08. The molecule has 0 N–H and O–H groups in total. The first-order valence-electron chi connectivity index (χ1n) is 11.3. The predicted octanol–water partition coefficient (Wildman–Crippen LogP) is 6.16. The lowest BCUT2D eigenvalue weighted by molar-refractivity contribution is 0.0667. The van der Waals surface area contributed by atoms with Crippen LogP contribution in [0.1, 0.15) is 61.6 Å². The summed E-state index contributed by atoms with van der Waals surface area (Å²) in [5.74, 6) is 0.874. The highest BCUT2D eigenvalue weighted by Crippen LogP contribution is 2.19. The first-order chi connectivity index (χ1) is 15.1. The Labute approximate surface area is 186 Å². The first-order valence-corrected chi connectivity index (χ1v) is 11.3. The van der Waals surface area contributed by atoms with Crippen molar-refractivity contribution in [3.05, 3.63) is 89.7 Å². The van der Waals surface area contributed by atoms with Crippen LogP contribution in [0.5, 0.6) is 5.75 Å². The summed E-state index contributed by atoms with van der Waals surface area (Å²) >= 11 is 0. The molecule has 3 rings (SSSR count). The van der Waals surface area contributed by atoms with Gasteiger partial charge in [0.15, 0.2) is 0 Å². The third-order valence-electron chi connectivity index (χ3n) is 5.70. The number of nitrogens with zero attached hydrogens (tertiary/aromatic N) is 2. The van der Waals surface area contributed by atoms with Crippen molar-refractivity contribution in [3.63, 3.8) is 0 Å². The maximum atomic E-state index is 13.4. The van der Waals surface area contributed by atoms with Gasteiger partial charge in [-0.3, -0.25) is 4.79 Å². The molecule has 0 bridgehead atoms. The minimum absolute atomic E-state index is 0.0573. The highest BCUT2D eigenvalue weighted by molar-refractivity contribution is 5.94. The van der Waals surface area contributed by atoms with Crippen molar-refractivity contribution in [2.75, 3.05) is 6.61 Å². The van der Waals surface area contributed by atoms with Gasteiger partial charge in [-0.05, 0) is 61.7 Å². The molecular weight excluding hydrogens is 384 g/mol. The molecule has 0 radical (unpaired) electrons. The van der Waals surface area contributed by atoms with E-state index in [-0.39, 0.29) is 11.9 Å². The average Bonchev–Trinajstić information content (AvgIpc) is 3.24. The van der Waals surface area contributed by atoms with Crippen molar-refractivity contribution in [2.24, 2.45) is 0 Å². The van der Waals surface area contributed by atoms with E-state index in [2.05, 4.69) is 67.9 Å². The molecule has 0 saturated carbocycles. The second-order valence-electron chi connectivity index (χ2n) is 8.03. The number of ether oxygens (including phenoxy) is 1. The quantitative estimate of drug-likeness (QED) is 0.350. The second kappa shape index (κ2) is 11.4. The van der Waals surface area contributed by atoms with Gasteiger partial charge in [0.05, 0.1) is 13.2 Å². The average molecular weight is 419 g/mol. The van der Waals surface area contributed by atoms with Gasteiger partial charge in [0, 0.05) is 30.0 Å². The molecule has 0 aliphatic rings. The molecule has 1 aromatic heterocycles. The number of aromatic nitrogens is 1. The van der Waals surface area contributed by atoms with E-state index in [9.17, 15) is 4.79 Å². The zero-order valence-electron chi connectivity index (χ0n) is 19.0. The predicted molar refractivity (Wildman–Crippen MR) is 126 cm³/mol. The number of carbonyl (C=O) groups excluding carboxylic acids is 1. The Balaban J connectivity index is 1.74. The van der Waals surface area contributed by atoms with E-state index >= 15 is 0 Å². The topological polar surface area (TPSA) is 34.5 Å². The van der Waals surface area contributed by atoms with Crippen LogP contribution in [-0.4, -0.2) is 28.0 Å². The van der Waals surface area contributed by atoms with Crippen LogP contribution in [0.25, 0.3) is 0 Å². The second-order valence-corrected chi connectivity index (χ2v) is 8.03. The van der Waals surface area contributed by atoms with Gasteiger partial charge in [0.25, 0.3) is 5.91 Å². The summed E-state index contributed by atoms with van der Waals surface area (Å²) in [6, 6.07) is 22.3. The molecule has 164 valence electrons. The molecule has 0 aliphatic heterocycles. The van der Waals surface area contributed by atoms with Gasteiger partial charge in [-0.2, -0.15) is 0 Å². The largest absolute Gasteiger partial charge is 0.494 e. The Morgan fingerprint density at radius 3 is 2.42 bits per heavy atom. The fourth-order valence-corrected chi connectivity index (χ4v) is 3.54. The third kappa shape index (κ3) is 6.24. The Morgan fingerprint density at radius 2 is 1.74 bits per heavy atom. The molecule has 1 heterocycles. The zero-order chi connectivity index (χ0) is 22.1. The SMILES string of the molecule is CCCCOc1ccc(C(=O)N(Cc2cccn2Cc2ccccc2)C(C)CC)cc1. The maximum Gasteiger partial charge on any atom is 0.254 e. The normalized spacial score (nSPS) is 11.8. The highest BCUT2D eigenvalue weighted by Gasteiger charge is 2.22. The van der Waals surface area contributed by atoms with E-state index in [4.69, 9.17) is 4.74 Å². The maximum absolute atomic E-state index is 13.4. The number of carbonyl (C=O) groups is 1. The van der Waals surface area contributed by atoms with Gasteiger partial charge in [-0.1, -0.05) is 50.6 Å². The van der Waals surface area contributed by atoms with Gasteiger partial charge in [-0.15, -0.1) is 0 Å². The zero-order valence-corrected chi connectivity index (χ0v) is 19.0. The van der Waals surface area contributed by atoms with Crippen LogP contribution in [0.15, 0.2) is 72.9 Å². The Bertz CT molecular complexity index is 931. The number of hydrogen-bond acceptors (Lipinski definition) is 2. The molecule has 1 amide bonds. The molecule has 2 aromatic carbocycles. The van der Waals surface area contributed by atoms with Crippen LogP contribution < -0.4 is 4.74 Å². The van der Waals surface area contributed by atoms with Crippen LogP contribution in [0, 0.1) is 0 Å². The van der Waals surface area contributed by atoms with Gasteiger partial charge in [-0.25, -0.2) is 0 Å². The van der Waals surface area contributed by atoms with E-state index in [0.717, 1.165) is 37.3 Å². The van der Waals surface area contributed by atoms with Gasteiger partial charge in [0.1, 0.15) is 5.75 Å². The van der Waals surface area contributed by atoms with E-state index in [1.807, 2.05) is 35.2 Å². The van der Waals surface area contributed by atoms with Crippen molar-refractivity contribution in [2.45, 2.75) is 59.2 Å². The monoisotopic (exact) mass is 418 g/mol. The number of amides is 1. The van der Waals surface area contributed by atoms with Crippen molar-refractivity contribution < 1.29 is 9.53 Å². The minimum Gasteiger partial charge on any atom is -0.494 e. The summed E-state index contributed by atoms with van der Waals surface area (Å²) in [7, 11) is 0. The summed E-state index contributed by atoms with van der Waals surface area (Å²) < 4.78 is 7.96. The number of rotatable bonds is 11. The number of hydrogen-bond donors (Lipinski definition) is 0. The lowest BCUT2D eigenvalue weighted by atomic mass is 10.1. The summed E-state index contributed by atoms with van der Waals surface area (Å²) in [4.78, 5) is 15.4. The first kappa shape index (κ1) is 22.7. The minimum atomic E-state index is 0.0573. The Kier molecular flexibility index (Phi) is 8.34. The van der Waals surface area contributed by atoms with Crippen LogP contribution >= 0.6 is 0 Å². The molecule has 31 heavy (non-hydrogen) atoms. The van der Waals surface area contributed by atoms with Crippen molar-refractivity contribution >= 4 is 5.91 Å². The smallest absolute Gasteiger partial charge is 0.254 e. The standard InChI is InChI=1S/C27H34N2O2/c1-4-6-19-31-26-16-14-24(15-17-26)27(30)29(22(3)5-2)21-25-13-10-18-28(25)20-23-11-8-7-9-12-23/h7-18,22H,4-6,19-21H2,1-3H3. The van der Waals surface area contributed by atoms with Crippen LogP contribution in [0.3, 0.4) is 0 Å². The van der Waals surface area contributed by atoms with Gasteiger partial charge in [0.2, 0.25) is 0 Å². The summed E-state index contributed by atoms with van der Waals surface area (Å²) in [5, 5.41) is 0. The van der Waals surface area contributed by atoms with Crippen LogP contribution in [-0.2, 0) is 13.1 Å². The van der Waals surface area contributed by atoms with Crippen LogP contribution in [0.4, 0.5) is 0 Å². The fraction of sp³-hybridized carbons (Fsp3) is 0.370. The van der Waals surface area contributed by atoms with Crippen molar-refractivity contribution in [3.8, 4) is 5.75 Å². The molecule has 3 aromatic rings. The molecule has 1 unspecified atom stereocenters. The molecule has 4 heteroatoms. The molecule has 0 aliphatic carbocycles. The van der Waals surface area contributed by atoms with Crippen LogP contribution in [0.2, 0.25) is 0 Å². The molecule has 4 nitrogen and oxygen atoms in total. The molecular formula is C27H34N2O2. The van der Waals surface area contributed by atoms with Crippen molar-refractivity contribution in [1.82, 2.24) is 9.47 Å². The van der Waals surface area contributed by atoms with Gasteiger partial charge < -0.3 is 14.2 Å². The lowest BCUT2D eigenvalue weighted by Crippen LogP contribution is -2.38. The third-order valence-corrected chi connectivity index (χ3v) is 5.70. The highest BCUT2D eigenvalue weighted by atomic mass is 16.5. The lowest BCUT2D eigenvalue weighted by Gasteiger charge is -2.29. The molecule has 1 atom stereocenters. The number of unbranched alkanes of at least 4 members (excludes halogenated alkanes) is 1. The van der Waals surface area contributed by atoms with E-state index < -0.39 is 0 Å².